The van der Waals surface area contributed by atoms with E-state index < -0.39 is 10.0 Å². The highest BCUT2D eigenvalue weighted by molar-refractivity contribution is 7.92. The van der Waals surface area contributed by atoms with Crippen LogP contribution in [-0.2, 0) is 14.8 Å². The van der Waals surface area contributed by atoms with Crippen LogP contribution in [0.15, 0.2) is 42.5 Å². The van der Waals surface area contributed by atoms with Gasteiger partial charge < -0.3 is 5.32 Å². The summed E-state index contributed by atoms with van der Waals surface area (Å²) < 4.78 is 25.7. The number of hydrogen-bond donors (Lipinski definition) is 1. The summed E-state index contributed by atoms with van der Waals surface area (Å²) in [5, 5.41) is 2.85. The normalized spacial score (nSPS) is 11.2. The molecule has 1 amide bonds. The lowest BCUT2D eigenvalue weighted by atomic mass is 10.1. The van der Waals surface area contributed by atoms with Gasteiger partial charge in [-0.1, -0.05) is 18.2 Å². The van der Waals surface area contributed by atoms with Gasteiger partial charge in [-0.2, -0.15) is 0 Å². The zero-order valence-corrected chi connectivity index (χ0v) is 16.6. The first kappa shape index (κ1) is 20.0. The largest absolute Gasteiger partial charge is 0.326 e. The van der Waals surface area contributed by atoms with Crippen molar-refractivity contribution in [3.8, 4) is 0 Å². The number of nitrogens with one attached hydrogen (secondary N) is 1. The second kappa shape index (κ2) is 8.36. The van der Waals surface area contributed by atoms with E-state index in [4.69, 9.17) is 0 Å². The monoisotopic (exact) mass is 374 g/mol. The van der Waals surface area contributed by atoms with Crippen LogP contribution in [0.25, 0.3) is 0 Å². The van der Waals surface area contributed by atoms with E-state index in [1.807, 2.05) is 63.2 Å². The van der Waals surface area contributed by atoms with Crippen molar-refractivity contribution in [2.24, 2.45) is 0 Å². The smallest absolute Gasteiger partial charge is 0.232 e. The molecule has 0 heterocycles. The van der Waals surface area contributed by atoms with Gasteiger partial charge in [0.2, 0.25) is 15.9 Å². The molecule has 0 unspecified atom stereocenters. The number of amides is 1. The van der Waals surface area contributed by atoms with E-state index >= 15 is 0 Å². The molecule has 2 rings (SSSR count). The van der Waals surface area contributed by atoms with Gasteiger partial charge in [-0.25, -0.2) is 8.42 Å². The molecule has 0 radical (unpaired) electrons. The van der Waals surface area contributed by atoms with Crippen molar-refractivity contribution in [2.45, 2.75) is 33.6 Å². The van der Waals surface area contributed by atoms with Crippen LogP contribution < -0.4 is 9.62 Å². The molecule has 0 fully saturated rings. The van der Waals surface area contributed by atoms with E-state index in [9.17, 15) is 13.2 Å². The number of hydrogen-bond acceptors (Lipinski definition) is 3. The third kappa shape index (κ3) is 5.88. The van der Waals surface area contributed by atoms with Crippen LogP contribution in [-0.4, -0.2) is 27.1 Å². The van der Waals surface area contributed by atoms with Gasteiger partial charge in [0, 0.05) is 18.7 Å². The van der Waals surface area contributed by atoms with Gasteiger partial charge in [0.05, 0.1) is 11.9 Å². The Morgan fingerprint density at radius 1 is 1.00 bits per heavy atom. The molecule has 0 aliphatic heterocycles. The lowest BCUT2D eigenvalue weighted by Crippen LogP contribution is -2.31. The molecule has 2 aromatic carbocycles. The zero-order valence-electron chi connectivity index (χ0n) is 15.7. The molecule has 0 aliphatic carbocycles. The summed E-state index contributed by atoms with van der Waals surface area (Å²) in [4.78, 5) is 12.1. The highest BCUT2D eigenvalue weighted by Crippen LogP contribution is 2.22. The minimum Gasteiger partial charge on any atom is -0.326 e. The maximum atomic E-state index is 12.2. The minimum atomic E-state index is -3.41. The Morgan fingerprint density at radius 3 is 2.23 bits per heavy atom. The average molecular weight is 375 g/mol. The van der Waals surface area contributed by atoms with Crippen molar-refractivity contribution in [1.82, 2.24) is 0 Å². The van der Waals surface area contributed by atoms with Gasteiger partial charge in [0.15, 0.2) is 0 Å². The van der Waals surface area contributed by atoms with Crippen LogP contribution >= 0.6 is 0 Å². The molecule has 140 valence electrons. The van der Waals surface area contributed by atoms with E-state index in [0.29, 0.717) is 12.1 Å². The first-order valence-corrected chi connectivity index (χ1v) is 10.4. The van der Waals surface area contributed by atoms with Crippen LogP contribution in [0.2, 0.25) is 0 Å². The Balaban J connectivity index is 2.00. The molecule has 1 N–H and O–H groups in total. The fourth-order valence-electron chi connectivity index (χ4n) is 2.91. The third-order valence-corrected chi connectivity index (χ3v) is 5.16. The molecule has 0 bridgehead atoms. The maximum absolute atomic E-state index is 12.2. The van der Waals surface area contributed by atoms with E-state index in [1.54, 1.807) is 0 Å². The number of carbonyl (C=O) groups is 1. The third-order valence-electron chi connectivity index (χ3n) is 3.96. The lowest BCUT2D eigenvalue weighted by Gasteiger charge is -2.23. The molecule has 2 aromatic rings. The van der Waals surface area contributed by atoms with Crippen LogP contribution in [0.4, 0.5) is 11.4 Å². The molecular weight excluding hydrogens is 348 g/mol. The average Bonchev–Trinajstić information content (AvgIpc) is 2.49. The summed E-state index contributed by atoms with van der Waals surface area (Å²) in [5.41, 5.74) is 4.48. The fraction of sp³-hybridized carbons (Fsp3) is 0.350. The minimum absolute atomic E-state index is 0.121. The molecule has 0 saturated heterocycles. The molecule has 0 aliphatic rings. The summed E-state index contributed by atoms with van der Waals surface area (Å²) in [6, 6.07) is 13.3. The van der Waals surface area contributed by atoms with Gasteiger partial charge in [-0.3, -0.25) is 9.10 Å². The van der Waals surface area contributed by atoms with Gasteiger partial charge >= 0.3 is 0 Å². The second-order valence-electron chi connectivity index (χ2n) is 6.70. The number of sulfonamides is 1. The standard InChI is InChI=1S/C20H26N2O3S/c1-15-7-5-8-18(12-15)21-20(23)9-6-10-22(26(4,24)25)19-13-16(2)11-17(3)14-19/h5,7-8,11-14H,6,9-10H2,1-4H3,(H,21,23). The van der Waals surface area contributed by atoms with Crippen molar-refractivity contribution >= 4 is 27.3 Å². The van der Waals surface area contributed by atoms with Crippen LogP contribution in [0.1, 0.15) is 29.5 Å². The predicted octanol–water partition coefficient (Wildman–Crippen LogP) is 3.80. The highest BCUT2D eigenvalue weighted by Gasteiger charge is 2.18. The summed E-state index contributed by atoms with van der Waals surface area (Å²) in [5.74, 6) is -0.121. The molecular formula is C20H26N2O3S. The topological polar surface area (TPSA) is 66.5 Å². The first-order chi connectivity index (χ1) is 12.1. The first-order valence-electron chi connectivity index (χ1n) is 8.58. The Morgan fingerprint density at radius 2 is 1.65 bits per heavy atom. The molecule has 6 heteroatoms. The van der Waals surface area contributed by atoms with Gasteiger partial charge in [-0.15, -0.1) is 0 Å². The molecule has 5 nitrogen and oxygen atoms in total. The summed E-state index contributed by atoms with van der Waals surface area (Å²) >= 11 is 0. The fourth-order valence-corrected chi connectivity index (χ4v) is 3.86. The number of aryl methyl sites for hydroxylation is 3. The van der Waals surface area contributed by atoms with Gasteiger partial charge in [0.1, 0.15) is 0 Å². The van der Waals surface area contributed by atoms with Crippen molar-refractivity contribution in [1.29, 1.82) is 0 Å². The van der Waals surface area contributed by atoms with Crippen molar-refractivity contribution < 1.29 is 13.2 Å². The molecule has 0 saturated carbocycles. The predicted molar refractivity (Wildman–Crippen MR) is 107 cm³/mol. The lowest BCUT2D eigenvalue weighted by molar-refractivity contribution is -0.116. The SMILES string of the molecule is Cc1cccc(NC(=O)CCCN(c2cc(C)cc(C)c2)S(C)(=O)=O)c1. The Labute approximate surface area is 156 Å². The summed E-state index contributed by atoms with van der Waals surface area (Å²) in [6.45, 7) is 6.10. The van der Waals surface area contributed by atoms with Gasteiger partial charge in [0.25, 0.3) is 0 Å². The summed E-state index contributed by atoms with van der Waals surface area (Å²) in [6.07, 6.45) is 1.89. The quantitative estimate of drug-likeness (QED) is 0.802. The van der Waals surface area contributed by atoms with E-state index in [0.717, 1.165) is 22.4 Å². The highest BCUT2D eigenvalue weighted by atomic mass is 32.2. The van der Waals surface area contributed by atoms with Crippen molar-refractivity contribution in [2.75, 3.05) is 22.4 Å². The molecule has 0 aromatic heterocycles. The molecule has 26 heavy (non-hydrogen) atoms. The zero-order chi connectivity index (χ0) is 19.3. The second-order valence-corrected chi connectivity index (χ2v) is 8.61. The Hall–Kier alpha value is -2.34. The van der Waals surface area contributed by atoms with E-state index in [1.165, 1.54) is 10.6 Å². The van der Waals surface area contributed by atoms with Crippen LogP contribution in [0.5, 0.6) is 0 Å². The van der Waals surface area contributed by atoms with E-state index in [-0.39, 0.29) is 18.9 Å². The number of rotatable bonds is 7. The number of nitrogens with zero attached hydrogens (tertiary/aromatic N) is 1. The summed E-state index contributed by atoms with van der Waals surface area (Å²) in [7, 11) is -3.41. The number of anilines is 2. The molecule has 0 atom stereocenters. The van der Waals surface area contributed by atoms with Gasteiger partial charge in [-0.05, 0) is 68.1 Å². The maximum Gasteiger partial charge on any atom is 0.232 e. The van der Waals surface area contributed by atoms with Crippen molar-refractivity contribution in [3.05, 3.63) is 59.2 Å². The van der Waals surface area contributed by atoms with Crippen LogP contribution in [0, 0.1) is 20.8 Å². The number of carbonyl (C=O) groups excluding carboxylic acids is 1. The Bertz CT molecular complexity index is 871. The number of benzene rings is 2. The van der Waals surface area contributed by atoms with Crippen molar-refractivity contribution in [3.63, 3.8) is 0 Å². The van der Waals surface area contributed by atoms with E-state index in [2.05, 4.69) is 5.32 Å². The Kier molecular flexibility index (Phi) is 6.42. The van der Waals surface area contributed by atoms with Crippen LogP contribution in [0.3, 0.4) is 0 Å². The molecule has 0 spiro atoms.